The highest BCUT2D eigenvalue weighted by Gasteiger charge is 2.14. The van der Waals surface area contributed by atoms with Gasteiger partial charge in [0.2, 0.25) is 5.95 Å². The zero-order valence-corrected chi connectivity index (χ0v) is 16.7. The van der Waals surface area contributed by atoms with E-state index >= 15 is 0 Å². The number of hydrogen-bond acceptors (Lipinski definition) is 6. The highest BCUT2D eigenvalue weighted by Crippen LogP contribution is 2.19. The molecule has 1 aliphatic rings. The predicted octanol–water partition coefficient (Wildman–Crippen LogP) is 3.17. The normalized spacial score (nSPS) is 14.0. The maximum absolute atomic E-state index is 12.5. The number of hydrogen-bond donors (Lipinski definition) is 2. The summed E-state index contributed by atoms with van der Waals surface area (Å²) in [5.41, 5.74) is 1.38. The molecule has 0 unspecified atom stereocenters. The van der Waals surface area contributed by atoms with Crippen molar-refractivity contribution in [2.24, 2.45) is 0 Å². The van der Waals surface area contributed by atoms with Crippen molar-refractivity contribution in [1.82, 2.24) is 20.3 Å². The summed E-state index contributed by atoms with van der Waals surface area (Å²) in [6.45, 7) is 5.07. The number of rotatable bonds is 6. The van der Waals surface area contributed by atoms with Crippen LogP contribution in [0.15, 0.2) is 42.6 Å². The smallest absolute Gasteiger partial charge is 0.270 e. The molecular formula is C22H26N6O. The number of pyridine rings is 1. The Morgan fingerprint density at radius 3 is 2.76 bits per heavy atom. The molecular weight excluding hydrogens is 364 g/mol. The van der Waals surface area contributed by atoms with Gasteiger partial charge < -0.3 is 15.5 Å². The zero-order valence-electron chi connectivity index (χ0n) is 16.7. The highest BCUT2D eigenvalue weighted by atomic mass is 16.1. The first-order chi connectivity index (χ1) is 14.2. The van der Waals surface area contributed by atoms with Crippen LogP contribution >= 0.6 is 0 Å². The molecule has 150 valence electrons. The first-order valence-corrected chi connectivity index (χ1v) is 10.2. The SMILES string of the molecule is Cc1cc(N2CCCCC2)nc(NCCNC(=O)c2nccc3ccccc23)n1. The lowest BCUT2D eigenvalue weighted by Gasteiger charge is -2.28. The van der Waals surface area contributed by atoms with Gasteiger partial charge in [-0.05, 0) is 37.6 Å². The number of piperidine rings is 1. The van der Waals surface area contributed by atoms with E-state index in [4.69, 9.17) is 0 Å². The predicted molar refractivity (Wildman–Crippen MR) is 115 cm³/mol. The lowest BCUT2D eigenvalue weighted by atomic mass is 10.1. The van der Waals surface area contributed by atoms with Gasteiger partial charge in [0.25, 0.3) is 5.91 Å². The van der Waals surface area contributed by atoms with Crippen LogP contribution in [0.25, 0.3) is 10.8 Å². The number of amides is 1. The van der Waals surface area contributed by atoms with E-state index in [9.17, 15) is 4.79 Å². The fourth-order valence-corrected chi connectivity index (χ4v) is 3.65. The van der Waals surface area contributed by atoms with Crippen molar-refractivity contribution in [3.05, 3.63) is 54.0 Å². The van der Waals surface area contributed by atoms with Gasteiger partial charge in [-0.15, -0.1) is 0 Å². The molecule has 7 heteroatoms. The second-order valence-electron chi connectivity index (χ2n) is 7.30. The van der Waals surface area contributed by atoms with Gasteiger partial charge >= 0.3 is 0 Å². The van der Waals surface area contributed by atoms with E-state index in [1.54, 1.807) is 6.20 Å². The minimum Gasteiger partial charge on any atom is -0.356 e. The van der Waals surface area contributed by atoms with Crippen LogP contribution in [0.2, 0.25) is 0 Å². The maximum atomic E-state index is 12.5. The van der Waals surface area contributed by atoms with Crippen LogP contribution in [-0.4, -0.2) is 47.0 Å². The molecule has 2 N–H and O–H groups in total. The van der Waals surface area contributed by atoms with Gasteiger partial charge in [0.1, 0.15) is 11.5 Å². The molecule has 1 aromatic carbocycles. The molecule has 29 heavy (non-hydrogen) atoms. The molecule has 0 aliphatic carbocycles. The third-order valence-corrected chi connectivity index (χ3v) is 5.10. The highest BCUT2D eigenvalue weighted by molar-refractivity contribution is 6.05. The van der Waals surface area contributed by atoms with Crippen LogP contribution < -0.4 is 15.5 Å². The molecule has 7 nitrogen and oxygen atoms in total. The summed E-state index contributed by atoms with van der Waals surface area (Å²) in [4.78, 5) is 28.2. The molecule has 0 atom stereocenters. The molecule has 0 spiro atoms. The van der Waals surface area contributed by atoms with Gasteiger partial charge in [-0.1, -0.05) is 24.3 Å². The Kier molecular flexibility index (Phi) is 5.84. The first kappa shape index (κ1) is 19.1. The minimum atomic E-state index is -0.178. The molecule has 1 amide bonds. The van der Waals surface area contributed by atoms with Crippen molar-refractivity contribution in [2.75, 3.05) is 36.4 Å². The van der Waals surface area contributed by atoms with E-state index in [1.165, 1.54) is 19.3 Å². The monoisotopic (exact) mass is 390 g/mol. The van der Waals surface area contributed by atoms with Crippen molar-refractivity contribution in [1.29, 1.82) is 0 Å². The average Bonchev–Trinajstić information content (AvgIpc) is 2.76. The topological polar surface area (TPSA) is 83.0 Å². The van der Waals surface area contributed by atoms with E-state index in [-0.39, 0.29) is 5.91 Å². The minimum absolute atomic E-state index is 0.178. The van der Waals surface area contributed by atoms with Crippen molar-refractivity contribution in [2.45, 2.75) is 26.2 Å². The number of fused-ring (bicyclic) bond motifs is 1. The van der Waals surface area contributed by atoms with Crippen LogP contribution in [-0.2, 0) is 0 Å². The van der Waals surface area contributed by atoms with Gasteiger partial charge in [-0.25, -0.2) is 4.98 Å². The fourth-order valence-electron chi connectivity index (χ4n) is 3.65. The Balaban J connectivity index is 1.34. The Labute approximate surface area is 170 Å². The second kappa shape index (κ2) is 8.86. The van der Waals surface area contributed by atoms with E-state index in [0.29, 0.717) is 24.7 Å². The van der Waals surface area contributed by atoms with Crippen molar-refractivity contribution in [3.63, 3.8) is 0 Å². The summed E-state index contributed by atoms with van der Waals surface area (Å²) in [5, 5.41) is 8.01. The van der Waals surface area contributed by atoms with E-state index in [1.807, 2.05) is 43.3 Å². The van der Waals surface area contributed by atoms with E-state index < -0.39 is 0 Å². The number of carbonyl (C=O) groups is 1. The zero-order chi connectivity index (χ0) is 20.1. The summed E-state index contributed by atoms with van der Waals surface area (Å²) in [7, 11) is 0. The lowest BCUT2D eigenvalue weighted by Crippen LogP contribution is -2.31. The summed E-state index contributed by atoms with van der Waals surface area (Å²) >= 11 is 0. The van der Waals surface area contributed by atoms with Gasteiger partial charge in [-0.3, -0.25) is 9.78 Å². The molecule has 3 heterocycles. The summed E-state index contributed by atoms with van der Waals surface area (Å²) in [6, 6.07) is 11.7. The number of nitrogens with one attached hydrogen (secondary N) is 2. The van der Waals surface area contributed by atoms with Crippen molar-refractivity contribution >= 4 is 28.4 Å². The largest absolute Gasteiger partial charge is 0.356 e. The number of aromatic nitrogens is 3. The number of benzene rings is 1. The number of carbonyl (C=O) groups excluding carboxylic acids is 1. The third-order valence-electron chi connectivity index (χ3n) is 5.10. The Morgan fingerprint density at radius 2 is 1.90 bits per heavy atom. The van der Waals surface area contributed by atoms with Crippen LogP contribution in [0.3, 0.4) is 0 Å². The molecule has 0 radical (unpaired) electrons. The van der Waals surface area contributed by atoms with Crippen LogP contribution in [0, 0.1) is 6.92 Å². The van der Waals surface area contributed by atoms with Gasteiger partial charge in [-0.2, -0.15) is 4.98 Å². The van der Waals surface area contributed by atoms with Crippen molar-refractivity contribution in [3.8, 4) is 0 Å². The Hall–Kier alpha value is -3.22. The summed E-state index contributed by atoms with van der Waals surface area (Å²) < 4.78 is 0. The standard InChI is InChI=1S/C22H26N6O/c1-16-15-19(28-13-5-2-6-14-28)27-22(26-16)25-12-11-24-21(29)20-18-8-4-3-7-17(18)9-10-23-20/h3-4,7-10,15H,2,5-6,11-14H2,1H3,(H,24,29)(H,25,26,27). The lowest BCUT2D eigenvalue weighted by molar-refractivity contribution is 0.0952. The molecule has 2 aromatic heterocycles. The molecule has 1 aliphatic heterocycles. The molecule has 0 saturated carbocycles. The maximum Gasteiger partial charge on any atom is 0.270 e. The Morgan fingerprint density at radius 1 is 1.07 bits per heavy atom. The fraction of sp³-hybridized carbons (Fsp3) is 0.364. The van der Waals surface area contributed by atoms with E-state index in [2.05, 4.69) is 30.5 Å². The van der Waals surface area contributed by atoms with Crippen LogP contribution in [0.1, 0.15) is 35.4 Å². The summed E-state index contributed by atoms with van der Waals surface area (Å²) in [5.74, 6) is 1.40. The molecule has 1 saturated heterocycles. The third kappa shape index (κ3) is 4.62. The number of aryl methyl sites for hydroxylation is 1. The van der Waals surface area contributed by atoms with Gasteiger partial charge in [0.05, 0.1) is 0 Å². The average molecular weight is 390 g/mol. The summed E-state index contributed by atoms with van der Waals surface area (Å²) in [6.07, 6.45) is 5.37. The molecule has 4 rings (SSSR count). The van der Waals surface area contributed by atoms with Crippen LogP contribution in [0.5, 0.6) is 0 Å². The first-order valence-electron chi connectivity index (χ1n) is 10.2. The molecule has 0 bridgehead atoms. The second-order valence-corrected chi connectivity index (χ2v) is 7.30. The Bertz CT molecular complexity index is 994. The van der Waals surface area contributed by atoms with E-state index in [0.717, 1.165) is 35.4 Å². The number of nitrogens with zero attached hydrogens (tertiary/aromatic N) is 4. The van der Waals surface area contributed by atoms with Crippen LogP contribution in [0.4, 0.5) is 11.8 Å². The van der Waals surface area contributed by atoms with Gasteiger partial charge in [0.15, 0.2) is 0 Å². The molecule has 1 fully saturated rings. The van der Waals surface area contributed by atoms with Gasteiger partial charge in [0, 0.05) is 49.5 Å². The quantitative estimate of drug-likeness (QED) is 0.629. The number of anilines is 2. The molecule has 3 aromatic rings. The van der Waals surface area contributed by atoms with Crippen molar-refractivity contribution < 1.29 is 4.79 Å².